The van der Waals surface area contributed by atoms with Gasteiger partial charge < -0.3 is 4.52 Å². The molecule has 23 heavy (non-hydrogen) atoms. The standard InChI is InChI=1S/C15H15F3N4O/c1-7-19-11-5-4-9(6-10(11)12(20-7)15(16,17)18)14-21-13(22-23-14)8-2-3-8/h8-9H,2-6H2,1H3/t9-/m0/s1. The smallest absolute Gasteiger partial charge is 0.339 e. The second-order valence-corrected chi connectivity index (χ2v) is 6.25. The molecule has 2 aliphatic rings. The van der Waals surface area contributed by atoms with Gasteiger partial charge in [0, 0.05) is 23.1 Å². The Morgan fingerprint density at radius 1 is 1.04 bits per heavy atom. The lowest BCUT2D eigenvalue weighted by Gasteiger charge is -2.24. The van der Waals surface area contributed by atoms with Crippen LogP contribution in [0.4, 0.5) is 13.2 Å². The Hall–Kier alpha value is -1.99. The normalized spacial score (nSPS) is 21.3. The second-order valence-electron chi connectivity index (χ2n) is 6.25. The molecule has 0 amide bonds. The summed E-state index contributed by atoms with van der Waals surface area (Å²) < 4.78 is 45.1. The summed E-state index contributed by atoms with van der Waals surface area (Å²) in [5.41, 5.74) is -0.167. The van der Waals surface area contributed by atoms with Crippen LogP contribution in [0, 0.1) is 6.92 Å². The molecule has 0 N–H and O–H groups in total. The highest BCUT2D eigenvalue weighted by molar-refractivity contribution is 5.32. The van der Waals surface area contributed by atoms with Crippen LogP contribution in [0.3, 0.4) is 0 Å². The predicted molar refractivity (Wildman–Crippen MR) is 72.8 cm³/mol. The zero-order chi connectivity index (χ0) is 16.2. The molecule has 0 spiro atoms. The first-order chi connectivity index (χ1) is 10.9. The maximum absolute atomic E-state index is 13.3. The monoisotopic (exact) mass is 324 g/mol. The highest BCUT2D eigenvalue weighted by atomic mass is 19.4. The highest BCUT2D eigenvalue weighted by Crippen LogP contribution is 2.41. The molecule has 2 aromatic rings. The van der Waals surface area contributed by atoms with Crippen molar-refractivity contribution in [2.24, 2.45) is 0 Å². The van der Waals surface area contributed by atoms with Gasteiger partial charge in [0.25, 0.3) is 0 Å². The zero-order valence-electron chi connectivity index (χ0n) is 12.5. The average Bonchev–Trinajstić information content (AvgIpc) is 3.22. The Bertz CT molecular complexity index is 752. The van der Waals surface area contributed by atoms with Crippen molar-refractivity contribution >= 4 is 0 Å². The molecule has 8 heteroatoms. The number of rotatable bonds is 2. The van der Waals surface area contributed by atoms with Crippen LogP contribution >= 0.6 is 0 Å². The molecule has 2 aromatic heterocycles. The van der Waals surface area contributed by atoms with Crippen LogP contribution in [0.1, 0.15) is 65.6 Å². The van der Waals surface area contributed by atoms with Gasteiger partial charge in [-0.1, -0.05) is 5.16 Å². The van der Waals surface area contributed by atoms with Gasteiger partial charge in [-0.05, 0) is 39.0 Å². The van der Waals surface area contributed by atoms with Crippen LogP contribution < -0.4 is 0 Å². The van der Waals surface area contributed by atoms with E-state index in [0.717, 1.165) is 12.8 Å². The first-order valence-electron chi connectivity index (χ1n) is 7.69. The van der Waals surface area contributed by atoms with Crippen LogP contribution in [-0.4, -0.2) is 20.1 Å². The third-order valence-corrected chi connectivity index (χ3v) is 4.40. The second kappa shape index (κ2) is 5.01. The Labute approximate surface area is 130 Å². The first-order valence-corrected chi connectivity index (χ1v) is 7.69. The molecule has 2 aliphatic carbocycles. The maximum Gasteiger partial charge on any atom is 0.433 e. The summed E-state index contributed by atoms with van der Waals surface area (Å²) in [6.45, 7) is 1.49. The minimum atomic E-state index is -4.48. The molecule has 0 bridgehead atoms. The van der Waals surface area contributed by atoms with E-state index < -0.39 is 11.9 Å². The van der Waals surface area contributed by atoms with E-state index in [-0.39, 0.29) is 23.7 Å². The molecule has 0 saturated heterocycles. The molecule has 1 fully saturated rings. The molecule has 4 rings (SSSR count). The molecular weight excluding hydrogens is 309 g/mol. The van der Waals surface area contributed by atoms with Gasteiger partial charge in [0.15, 0.2) is 11.5 Å². The van der Waals surface area contributed by atoms with Crippen molar-refractivity contribution < 1.29 is 17.7 Å². The largest absolute Gasteiger partial charge is 0.433 e. The van der Waals surface area contributed by atoms with E-state index in [1.54, 1.807) is 0 Å². The molecule has 5 nitrogen and oxygen atoms in total. The molecular formula is C15H15F3N4O. The zero-order valence-corrected chi connectivity index (χ0v) is 12.5. The van der Waals surface area contributed by atoms with Crippen molar-refractivity contribution in [1.29, 1.82) is 0 Å². The summed E-state index contributed by atoms with van der Waals surface area (Å²) in [5, 5.41) is 3.96. The van der Waals surface area contributed by atoms with Crippen molar-refractivity contribution in [2.75, 3.05) is 0 Å². The number of halogens is 3. The van der Waals surface area contributed by atoms with E-state index in [4.69, 9.17) is 4.52 Å². The van der Waals surface area contributed by atoms with Crippen LogP contribution in [0.15, 0.2) is 4.52 Å². The van der Waals surface area contributed by atoms with Crippen LogP contribution in [-0.2, 0) is 19.0 Å². The first kappa shape index (κ1) is 14.6. The van der Waals surface area contributed by atoms with Gasteiger partial charge in [-0.3, -0.25) is 0 Å². The topological polar surface area (TPSA) is 64.7 Å². The van der Waals surface area contributed by atoms with E-state index >= 15 is 0 Å². The number of aromatic nitrogens is 4. The van der Waals surface area contributed by atoms with Crippen LogP contribution in [0.5, 0.6) is 0 Å². The van der Waals surface area contributed by atoms with E-state index in [0.29, 0.717) is 36.2 Å². The Morgan fingerprint density at radius 2 is 1.83 bits per heavy atom. The fourth-order valence-corrected chi connectivity index (χ4v) is 3.10. The molecule has 0 unspecified atom stereocenters. The number of hydrogen-bond donors (Lipinski definition) is 0. The minimum Gasteiger partial charge on any atom is -0.339 e. The SMILES string of the molecule is Cc1nc2c(c(C(F)(F)F)n1)C[C@@H](c1nc(C3CC3)no1)CC2. The van der Waals surface area contributed by atoms with Gasteiger partial charge in [0.1, 0.15) is 5.82 Å². The van der Waals surface area contributed by atoms with Gasteiger partial charge in [0.2, 0.25) is 5.89 Å². The Balaban J connectivity index is 1.67. The lowest BCUT2D eigenvalue weighted by molar-refractivity contribution is -0.142. The van der Waals surface area contributed by atoms with Crippen molar-refractivity contribution in [3.63, 3.8) is 0 Å². The van der Waals surface area contributed by atoms with Gasteiger partial charge in [-0.25, -0.2) is 9.97 Å². The molecule has 0 radical (unpaired) electrons. The quantitative estimate of drug-likeness (QED) is 0.848. The molecule has 122 valence electrons. The van der Waals surface area contributed by atoms with E-state index in [1.807, 2.05) is 0 Å². The summed E-state index contributed by atoms with van der Waals surface area (Å²) in [6, 6.07) is 0. The van der Waals surface area contributed by atoms with E-state index in [1.165, 1.54) is 6.92 Å². The Kier molecular flexibility index (Phi) is 3.18. The van der Waals surface area contributed by atoms with Crippen molar-refractivity contribution in [1.82, 2.24) is 20.1 Å². The number of alkyl halides is 3. The molecule has 0 aromatic carbocycles. The number of fused-ring (bicyclic) bond motifs is 1. The average molecular weight is 324 g/mol. The summed E-state index contributed by atoms with van der Waals surface area (Å²) in [5.74, 6) is 1.44. The fourth-order valence-electron chi connectivity index (χ4n) is 3.10. The molecule has 1 atom stereocenters. The van der Waals surface area contributed by atoms with Crippen LogP contribution in [0.2, 0.25) is 0 Å². The van der Waals surface area contributed by atoms with Gasteiger partial charge in [-0.15, -0.1) is 0 Å². The highest BCUT2D eigenvalue weighted by Gasteiger charge is 2.40. The summed E-state index contributed by atoms with van der Waals surface area (Å²) in [6.07, 6.45) is -1.05. The fraction of sp³-hybridized carbons (Fsp3) is 0.600. The maximum atomic E-state index is 13.3. The molecule has 1 saturated carbocycles. The number of hydrogen-bond acceptors (Lipinski definition) is 5. The van der Waals surface area contributed by atoms with E-state index in [9.17, 15) is 13.2 Å². The summed E-state index contributed by atoms with van der Waals surface area (Å²) in [7, 11) is 0. The van der Waals surface area contributed by atoms with Crippen molar-refractivity contribution in [2.45, 2.75) is 57.0 Å². The number of aryl methyl sites for hydroxylation is 2. The third kappa shape index (κ3) is 2.70. The number of nitrogens with zero attached hydrogens (tertiary/aromatic N) is 4. The lowest BCUT2D eigenvalue weighted by Crippen LogP contribution is -2.22. The summed E-state index contributed by atoms with van der Waals surface area (Å²) in [4.78, 5) is 12.2. The minimum absolute atomic E-state index is 0.156. The van der Waals surface area contributed by atoms with Gasteiger partial charge >= 0.3 is 6.18 Å². The van der Waals surface area contributed by atoms with Gasteiger partial charge in [-0.2, -0.15) is 18.2 Å². The molecule has 0 aliphatic heterocycles. The third-order valence-electron chi connectivity index (χ3n) is 4.40. The van der Waals surface area contributed by atoms with Crippen molar-refractivity contribution in [3.05, 3.63) is 34.5 Å². The van der Waals surface area contributed by atoms with Gasteiger partial charge in [0.05, 0.1) is 0 Å². The lowest BCUT2D eigenvalue weighted by atomic mass is 9.85. The van der Waals surface area contributed by atoms with E-state index in [2.05, 4.69) is 20.1 Å². The van der Waals surface area contributed by atoms with Crippen LogP contribution in [0.25, 0.3) is 0 Å². The summed E-state index contributed by atoms with van der Waals surface area (Å²) >= 11 is 0. The predicted octanol–water partition coefficient (Wildman–Crippen LogP) is 3.34. The molecule has 2 heterocycles. The Morgan fingerprint density at radius 3 is 2.52 bits per heavy atom. The van der Waals surface area contributed by atoms with Crippen molar-refractivity contribution in [3.8, 4) is 0 Å².